The number of carbonyl (C=O) groups excluding carboxylic acids is 1. The van der Waals surface area contributed by atoms with Crippen LogP contribution in [0.2, 0.25) is 0 Å². The smallest absolute Gasteiger partial charge is 0.220 e. The second kappa shape index (κ2) is 5.98. The Kier molecular flexibility index (Phi) is 4.91. The van der Waals surface area contributed by atoms with Gasteiger partial charge in [-0.05, 0) is 17.7 Å². The van der Waals surface area contributed by atoms with E-state index in [-0.39, 0.29) is 30.4 Å². The van der Waals surface area contributed by atoms with Crippen LogP contribution in [0.25, 0.3) is 0 Å². The molecule has 0 aromatic heterocycles. The second-order valence-corrected chi connectivity index (χ2v) is 3.82. The van der Waals surface area contributed by atoms with E-state index in [1.165, 1.54) is 0 Å². The van der Waals surface area contributed by atoms with Crippen molar-refractivity contribution in [1.29, 1.82) is 0 Å². The van der Waals surface area contributed by atoms with E-state index >= 15 is 0 Å². The molecular weight excluding hydrogens is 257 g/mol. The van der Waals surface area contributed by atoms with Gasteiger partial charge in [0.15, 0.2) is 11.5 Å². The van der Waals surface area contributed by atoms with Gasteiger partial charge >= 0.3 is 0 Å². The number of nitrogens with one attached hydrogen (secondary N) is 1. The molecule has 1 aromatic carbocycles. The maximum atomic E-state index is 11.1. The third-order valence-corrected chi connectivity index (χ3v) is 2.86. The van der Waals surface area contributed by atoms with Gasteiger partial charge in [-0.1, -0.05) is 6.07 Å². The fraction of sp³-hybridized carbons (Fsp3) is 0.417. The van der Waals surface area contributed by atoms with E-state index in [2.05, 4.69) is 5.32 Å². The Bertz CT molecular complexity index is 409. The minimum atomic E-state index is 0. The van der Waals surface area contributed by atoms with Gasteiger partial charge in [-0.2, -0.15) is 0 Å². The molecule has 1 aliphatic rings. The number of amides is 1. The summed E-state index contributed by atoms with van der Waals surface area (Å²) in [5.41, 5.74) is 1.11. The summed E-state index contributed by atoms with van der Waals surface area (Å²) < 4.78 is 10.4. The quantitative estimate of drug-likeness (QED) is 0.902. The van der Waals surface area contributed by atoms with Crippen LogP contribution < -0.4 is 14.8 Å². The predicted molar refractivity (Wildman–Crippen MR) is 59.9 cm³/mol. The normalized spacial score (nSPS) is 18.2. The first-order chi connectivity index (χ1) is 7.74. The second-order valence-electron chi connectivity index (χ2n) is 3.82. The van der Waals surface area contributed by atoms with Crippen molar-refractivity contribution in [3.8, 4) is 11.5 Å². The summed E-state index contributed by atoms with van der Waals surface area (Å²) in [6.07, 6.45) is 0.551. The Morgan fingerprint density at radius 3 is 2.47 bits per heavy atom. The van der Waals surface area contributed by atoms with Crippen LogP contribution in [-0.2, 0) is 23.4 Å². The zero-order valence-corrected chi connectivity index (χ0v) is 11.3. The van der Waals surface area contributed by atoms with E-state index in [1.54, 1.807) is 14.2 Å². The molecule has 4 nitrogen and oxygen atoms in total. The van der Waals surface area contributed by atoms with Crippen LogP contribution in [0.15, 0.2) is 18.2 Å². The molecule has 0 bridgehead atoms. The minimum Gasteiger partial charge on any atom is -0.493 e. The largest absolute Gasteiger partial charge is 0.493 e. The average molecular weight is 272 g/mol. The number of rotatable bonds is 3. The summed E-state index contributed by atoms with van der Waals surface area (Å²) in [6.45, 7) is 0.703. The Morgan fingerprint density at radius 2 is 1.94 bits per heavy atom. The topological polar surface area (TPSA) is 47.6 Å². The molecule has 91 valence electrons. The molecule has 1 fully saturated rings. The van der Waals surface area contributed by atoms with Crippen LogP contribution in [0.3, 0.4) is 0 Å². The molecule has 0 spiro atoms. The zero-order valence-electron chi connectivity index (χ0n) is 9.90. The molecule has 0 aliphatic carbocycles. The first-order valence-corrected chi connectivity index (χ1v) is 5.23. The van der Waals surface area contributed by atoms with E-state index in [9.17, 15) is 4.79 Å². The van der Waals surface area contributed by atoms with Gasteiger partial charge in [0.25, 0.3) is 0 Å². The van der Waals surface area contributed by atoms with Gasteiger partial charge in [-0.25, -0.2) is 0 Å². The van der Waals surface area contributed by atoms with Crippen molar-refractivity contribution in [3.63, 3.8) is 0 Å². The summed E-state index contributed by atoms with van der Waals surface area (Å²) in [5.74, 6) is 1.77. The van der Waals surface area contributed by atoms with Gasteiger partial charge in [-0.3, -0.25) is 4.79 Å². The number of benzene rings is 1. The summed E-state index contributed by atoms with van der Waals surface area (Å²) in [7, 11) is 3.22. The van der Waals surface area contributed by atoms with Crippen LogP contribution >= 0.6 is 0 Å². The van der Waals surface area contributed by atoms with Gasteiger partial charge in [-0.15, -0.1) is 0 Å². The van der Waals surface area contributed by atoms with Crippen molar-refractivity contribution in [2.45, 2.75) is 12.3 Å². The van der Waals surface area contributed by atoms with E-state index < -0.39 is 0 Å². The Morgan fingerprint density at radius 1 is 1.24 bits per heavy atom. The molecule has 1 aliphatic heterocycles. The SMILES string of the molecule is COc1ccc(C2CNC(=O)C2)cc1OC.[V]. The van der Waals surface area contributed by atoms with E-state index in [1.807, 2.05) is 18.2 Å². The Balaban J connectivity index is 0.00000144. The number of ether oxygens (including phenoxy) is 2. The molecule has 1 radical (unpaired) electrons. The first-order valence-electron chi connectivity index (χ1n) is 5.23. The summed E-state index contributed by atoms with van der Waals surface area (Å²) in [4.78, 5) is 11.1. The van der Waals surface area contributed by atoms with Crippen molar-refractivity contribution in [2.24, 2.45) is 0 Å². The number of methoxy groups -OCH3 is 2. The minimum absolute atomic E-state index is 0. The number of hydrogen-bond acceptors (Lipinski definition) is 3. The molecule has 1 saturated heterocycles. The van der Waals surface area contributed by atoms with Crippen LogP contribution in [0, 0.1) is 0 Å². The summed E-state index contributed by atoms with van der Waals surface area (Å²) in [5, 5.41) is 2.82. The van der Waals surface area contributed by atoms with E-state index in [0.29, 0.717) is 24.5 Å². The number of carbonyl (C=O) groups is 1. The Labute approximate surface area is 113 Å². The predicted octanol–water partition coefficient (Wildman–Crippen LogP) is 1.30. The molecule has 1 unspecified atom stereocenters. The van der Waals surface area contributed by atoms with Crippen molar-refractivity contribution in [2.75, 3.05) is 20.8 Å². The molecular formula is C12H15NO3V. The van der Waals surface area contributed by atoms with Gasteiger partial charge < -0.3 is 14.8 Å². The molecule has 2 rings (SSSR count). The molecule has 17 heavy (non-hydrogen) atoms. The van der Waals surface area contributed by atoms with Crippen LogP contribution in [0.1, 0.15) is 17.9 Å². The fourth-order valence-corrected chi connectivity index (χ4v) is 1.95. The monoisotopic (exact) mass is 272 g/mol. The maximum absolute atomic E-state index is 11.1. The van der Waals surface area contributed by atoms with Crippen LogP contribution in [0.4, 0.5) is 0 Å². The summed E-state index contributed by atoms with van der Waals surface area (Å²) in [6, 6.07) is 5.78. The third-order valence-electron chi connectivity index (χ3n) is 2.86. The van der Waals surface area contributed by atoms with Gasteiger partial charge in [0.05, 0.1) is 14.2 Å². The molecule has 1 N–H and O–H groups in total. The first kappa shape index (κ1) is 13.9. The molecule has 1 amide bonds. The molecule has 1 aromatic rings. The zero-order chi connectivity index (χ0) is 11.5. The maximum Gasteiger partial charge on any atom is 0.220 e. The van der Waals surface area contributed by atoms with Gasteiger partial charge in [0.1, 0.15) is 0 Å². The third kappa shape index (κ3) is 2.96. The van der Waals surface area contributed by atoms with Gasteiger partial charge in [0.2, 0.25) is 5.91 Å². The van der Waals surface area contributed by atoms with Crippen LogP contribution in [0.5, 0.6) is 11.5 Å². The van der Waals surface area contributed by atoms with E-state index in [4.69, 9.17) is 9.47 Å². The molecule has 0 saturated carbocycles. The van der Waals surface area contributed by atoms with Crippen LogP contribution in [-0.4, -0.2) is 26.7 Å². The van der Waals surface area contributed by atoms with Crippen molar-refractivity contribution in [3.05, 3.63) is 23.8 Å². The van der Waals surface area contributed by atoms with E-state index in [0.717, 1.165) is 5.56 Å². The fourth-order valence-electron chi connectivity index (χ4n) is 1.95. The van der Waals surface area contributed by atoms with Crippen molar-refractivity contribution >= 4 is 5.91 Å². The summed E-state index contributed by atoms with van der Waals surface area (Å²) >= 11 is 0. The van der Waals surface area contributed by atoms with Gasteiger partial charge in [0, 0.05) is 37.4 Å². The average Bonchev–Trinajstić information content (AvgIpc) is 2.75. The standard InChI is InChI=1S/C12H15NO3.V/c1-15-10-4-3-8(5-11(10)16-2)9-6-12(14)13-7-9;/h3-5,9H,6-7H2,1-2H3,(H,13,14);. The van der Waals surface area contributed by atoms with Crippen molar-refractivity contribution < 1.29 is 32.8 Å². The number of hydrogen-bond donors (Lipinski definition) is 1. The molecule has 1 heterocycles. The van der Waals surface area contributed by atoms with Crippen molar-refractivity contribution in [1.82, 2.24) is 5.32 Å². The molecule has 1 atom stereocenters. The Hall–Kier alpha value is -1.13. The molecule has 5 heteroatoms.